The lowest BCUT2D eigenvalue weighted by Gasteiger charge is -2.31. The van der Waals surface area contributed by atoms with Crippen LogP contribution in [0.2, 0.25) is 0 Å². The van der Waals surface area contributed by atoms with Crippen LogP contribution in [-0.4, -0.2) is 53.5 Å². The van der Waals surface area contributed by atoms with Crippen LogP contribution in [0.5, 0.6) is 0 Å². The van der Waals surface area contributed by atoms with E-state index in [1.54, 1.807) is 10.9 Å². The van der Waals surface area contributed by atoms with Crippen molar-refractivity contribution in [2.24, 2.45) is 0 Å². The molecule has 4 aromatic rings. The third kappa shape index (κ3) is 3.77. The van der Waals surface area contributed by atoms with Crippen LogP contribution in [0, 0.1) is 0 Å². The minimum Gasteiger partial charge on any atom is -0.339 e. The van der Waals surface area contributed by atoms with Crippen LogP contribution in [0.4, 0.5) is 0 Å². The van der Waals surface area contributed by atoms with Gasteiger partial charge in [-0.3, -0.25) is 4.79 Å². The van der Waals surface area contributed by atoms with Crippen LogP contribution >= 0.6 is 0 Å². The molecule has 0 bridgehead atoms. The number of piperidine rings is 1. The molecule has 1 saturated heterocycles. The van der Waals surface area contributed by atoms with E-state index in [2.05, 4.69) is 36.1 Å². The van der Waals surface area contributed by atoms with Gasteiger partial charge < -0.3 is 4.90 Å². The zero-order valence-electron chi connectivity index (χ0n) is 18.6. The maximum Gasteiger partial charge on any atom is 0.253 e. The second-order valence-corrected chi connectivity index (χ2v) is 9.36. The van der Waals surface area contributed by atoms with Crippen LogP contribution < -0.4 is 0 Å². The first-order chi connectivity index (χ1) is 15.4. The molecule has 3 aromatic heterocycles. The highest BCUT2D eigenvalue weighted by molar-refractivity contribution is 5.94. The lowest BCUT2D eigenvalue weighted by atomic mass is 9.92. The van der Waals surface area contributed by atoms with Crippen LogP contribution in [0.3, 0.4) is 0 Å². The number of likely N-dealkylation sites (tertiary alicyclic amines) is 1. The van der Waals surface area contributed by atoms with Crippen molar-refractivity contribution in [3.8, 4) is 5.69 Å². The van der Waals surface area contributed by atoms with Crippen molar-refractivity contribution in [1.29, 1.82) is 0 Å². The van der Waals surface area contributed by atoms with Gasteiger partial charge in [0.2, 0.25) is 0 Å². The number of fused-ring (bicyclic) bond motifs is 1. The molecule has 5 rings (SSSR count). The molecule has 0 radical (unpaired) electrons. The molecule has 0 aliphatic carbocycles. The van der Waals surface area contributed by atoms with Gasteiger partial charge in [0.1, 0.15) is 0 Å². The van der Waals surface area contributed by atoms with Gasteiger partial charge in [0.25, 0.3) is 5.91 Å². The summed E-state index contributed by atoms with van der Waals surface area (Å²) in [5, 5.41) is 17.8. The lowest BCUT2D eigenvalue weighted by molar-refractivity contribution is 0.0710. The van der Waals surface area contributed by atoms with Gasteiger partial charge in [-0.25, -0.2) is 4.68 Å². The standard InChI is InChI=1S/C24H27N7O/c1-24(2,3)20-8-9-21-26-27-22(31(21)28-20)17-10-14-29(15-11-17)23(32)18-6-4-7-19(16-18)30-13-5-12-25-30/h4-9,12-13,16-17H,10-11,14-15H2,1-3H3. The third-order valence-electron chi connectivity index (χ3n) is 6.06. The van der Waals surface area contributed by atoms with Crippen molar-refractivity contribution in [3.63, 3.8) is 0 Å². The van der Waals surface area contributed by atoms with Gasteiger partial charge in [-0.05, 0) is 49.2 Å². The molecule has 1 aliphatic heterocycles. The van der Waals surface area contributed by atoms with E-state index in [-0.39, 0.29) is 17.2 Å². The van der Waals surface area contributed by atoms with Gasteiger partial charge in [-0.1, -0.05) is 26.8 Å². The van der Waals surface area contributed by atoms with Crippen molar-refractivity contribution in [3.05, 3.63) is 71.9 Å². The number of nitrogens with zero attached hydrogens (tertiary/aromatic N) is 7. The SMILES string of the molecule is CC(C)(C)c1ccc2nnc(C3CCN(C(=O)c4cccc(-n5cccn5)c4)CC3)n2n1. The molecule has 1 aromatic carbocycles. The summed E-state index contributed by atoms with van der Waals surface area (Å²) in [6.07, 6.45) is 5.28. The number of hydrogen-bond donors (Lipinski definition) is 0. The molecule has 8 nitrogen and oxygen atoms in total. The largest absolute Gasteiger partial charge is 0.339 e. The van der Waals surface area contributed by atoms with Gasteiger partial charge in [0.15, 0.2) is 11.5 Å². The van der Waals surface area contributed by atoms with E-state index < -0.39 is 0 Å². The molecule has 8 heteroatoms. The summed E-state index contributed by atoms with van der Waals surface area (Å²) in [5.74, 6) is 1.17. The first kappa shape index (κ1) is 20.4. The summed E-state index contributed by atoms with van der Waals surface area (Å²) in [7, 11) is 0. The van der Waals surface area contributed by atoms with Gasteiger partial charge in [-0.15, -0.1) is 10.2 Å². The quantitative estimate of drug-likeness (QED) is 0.497. The van der Waals surface area contributed by atoms with E-state index in [9.17, 15) is 4.79 Å². The number of aromatic nitrogens is 6. The fourth-order valence-electron chi connectivity index (χ4n) is 4.19. The highest BCUT2D eigenvalue weighted by Crippen LogP contribution is 2.28. The molecule has 32 heavy (non-hydrogen) atoms. The van der Waals surface area contributed by atoms with Crippen molar-refractivity contribution in [2.45, 2.75) is 44.9 Å². The van der Waals surface area contributed by atoms with Crippen molar-refractivity contribution in [2.75, 3.05) is 13.1 Å². The molecule has 4 heterocycles. The van der Waals surface area contributed by atoms with Gasteiger partial charge in [0, 0.05) is 42.4 Å². The first-order valence-electron chi connectivity index (χ1n) is 11.0. The Kier molecular flexibility index (Phi) is 5.00. The van der Waals surface area contributed by atoms with Crippen molar-refractivity contribution < 1.29 is 4.79 Å². The number of benzene rings is 1. The second-order valence-electron chi connectivity index (χ2n) is 9.36. The average Bonchev–Trinajstić information content (AvgIpc) is 3.48. The summed E-state index contributed by atoms with van der Waals surface area (Å²) in [6.45, 7) is 7.82. The monoisotopic (exact) mass is 429 g/mol. The Morgan fingerprint density at radius 2 is 1.84 bits per heavy atom. The van der Waals surface area contributed by atoms with Crippen LogP contribution in [0.25, 0.3) is 11.3 Å². The predicted molar refractivity (Wildman–Crippen MR) is 121 cm³/mol. The fourth-order valence-corrected chi connectivity index (χ4v) is 4.19. The van der Waals surface area contributed by atoms with Crippen LogP contribution in [0.15, 0.2) is 54.9 Å². The molecule has 0 N–H and O–H groups in total. The van der Waals surface area contributed by atoms with E-state index in [4.69, 9.17) is 5.10 Å². The third-order valence-corrected chi connectivity index (χ3v) is 6.06. The summed E-state index contributed by atoms with van der Waals surface area (Å²) in [6, 6.07) is 13.5. The van der Waals surface area contributed by atoms with E-state index in [1.807, 2.05) is 58.1 Å². The van der Waals surface area contributed by atoms with E-state index in [0.717, 1.165) is 35.7 Å². The van der Waals surface area contributed by atoms with E-state index in [1.165, 1.54) is 0 Å². The minimum atomic E-state index is -0.0454. The summed E-state index contributed by atoms with van der Waals surface area (Å²) in [5.41, 5.74) is 3.29. The Labute approximate surface area is 186 Å². The number of carbonyl (C=O) groups is 1. The molecular formula is C24H27N7O. The highest BCUT2D eigenvalue weighted by atomic mass is 16.2. The Hall–Kier alpha value is -3.55. The number of amides is 1. The fraction of sp³-hybridized carbons (Fsp3) is 0.375. The smallest absolute Gasteiger partial charge is 0.253 e. The Balaban J connectivity index is 1.31. The molecule has 0 spiro atoms. The van der Waals surface area contributed by atoms with E-state index >= 15 is 0 Å². The average molecular weight is 430 g/mol. The molecule has 0 atom stereocenters. The normalized spacial score (nSPS) is 15.4. The maximum atomic E-state index is 13.1. The Bertz CT molecular complexity index is 1250. The van der Waals surface area contributed by atoms with Gasteiger partial charge >= 0.3 is 0 Å². The maximum absolute atomic E-state index is 13.1. The zero-order chi connectivity index (χ0) is 22.3. The number of rotatable bonds is 3. The molecule has 1 amide bonds. The van der Waals surface area contributed by atoms with Crippen molar-refractivity contribution in [1.82, 2.24) is 34.5 Å². The topological polar surface area (TPSA) is 81.2 Å². The van der Waals surface area contributed by atoms with Crippen molar-refractivity contribution >= 4 is 11.6 Å². The van der Waals surface area contributed by atoms with Crippen LogP contribution in [-0.2, 0) is 5.41 Å². The second kappa shape index (κ2) is 7.85. The number of carbonyl (C=O) groups excluding carboxylic acids is 1. The van der Waals surface area contributed by atoms with E-state index in [0.29, 0.717) is 18.7 Å². The molecule has 0 saturated carbocycles. The Morgan fingerprint density at radius 3 is 2.56 bits per heavy atom. The Morgan fingerprint density at radius 1 is 1.03 bits per heavy atom. The summed E-state index contributed by atoms with van der Waals surface area (Å²) in [4.78, 5) is 15.1. The number of hydrogen-bond acceptors (Lipinski definition) is 5. The molecule has 0 unspecified atom stereocenters. The highest BCUT2D eigenvalue weighted by Gasteiger charge is 2.28. The van der Waals surface area contributed by atoms with Gasteiger partial charge in [0.05, 0.1) is 11.4 Å². The first-order valence-corrected chi connectivity index (χ1v) is 11.0. The molecule has 1 fully saturated rings. The molecular weight excluding hydrogens is 402 g/mol. The minimum absolute atomic E-state index is 0.0454. The predicted octanol–water partition coefficient (Wildman–Crippen LogP) is 3.63. The molecule has 1 aliphatic rings. The molecule has 164 valence electrons. The summed E-state index contributed by atoms with van der Waals surface area (Å²) >= 11 is 0. The zero-order valence-corrected chi connectivity index (χ0v) is 18.6. The van der Waals surface area contributed by atoms with Crippen LogP contribution in [0.1, 0.15) is 61.4 Å². The van der Waals surface area contributed by atoms with Gasteiger partial charge in [-0.2, -0.15) is 14.7 Å². The lowest BCUT2D eigenvalue weighted by Crippen LogP contribution is -2.38. The summed E-state index contributed by atoms with van der Waals surface area (Å²) < 4.78 is 3.65.